The highest BCUT2D eigenvalue weighted by atomic mass is 32.1. The number of thiophene rings is 1. The molecule has 3 rings (SSSR count). The van der Waals surface area contributed by atoms with Gasteiger partial charge in [0.25, 0.3) is 5.91 Å². The number of amides is 1. The largest absolute Gasteiger partial charge is 0.387 e. The van der Waals surface area contributed by atoms with Gasteiger partial charge in [-0.15, -0.1) is 11.3 Å². The predicted octanol–water partition coefficient (Wildman–Crippen LogP) is 0.922. The summed E-state index contributed by atoms with van der Waals surface area (Å²) in [5, 5.41) is 14.0. The minimum absolute atomic E-state index is 0.0843. The van der Waals surface area contributed by atoms with Crippen LogP contribution in [0.4, 0.5) is 0 Å². The van der Waals surface area contributed by atoms with Crippen molar-refractivity contribution in [1.29, 1.82) is 0 Å². The molecule has 122 valence electrons. The van der Waals surface area contributed by atoms with E-state index < -0.39 is 5.60 Å². The van der Waals surface area contributed by atoms with E-state index in [0.717, 1.165) is 43.8 Å². The van der Waals surface area contributed by atoms with E-state index in [4.69, 9.17) is 0 Å². The Morgan fingerprint density at radius 3 is 3.05 bits per heavy atom. The smallest absolute Gasteiger partial charge is 0.263 e. The molecule has 5 nitrogen and oxygen atoms in total. The number of nitrogens with zero attached hydrogens (tertiary/aromatic N) is 2. The first-order valence-corrected chi connectivity index (χ1v) is 8.77. The lowest BCUT2D eigenvalue weighted by Crippen LogP contribution is -2.53. The molecule has 0 bridgehead atoms. The van der Waals surface area contributed by atoms with Crippen LogP contribution in [0.25, 0.3) is 0 Å². The summed E-state index contributed by atoms with van der Waals surface area (Å²) < 4.78 is 0. The van der Waals surface area contributed by atoms with Crippen molar-refractivity contribution in [2.75, 3.05) is 40.3 Å². The number of rotatable bonds is 3. The molecule has 0 spiro atoms. The third-order valence-corrected chi connectivity index (χ3v) is 5.76. The molecule has 1 amide bonds. The fraction of sp³-hybridized carbons (Fsp3) is 0.688. The first kappa shape index (κ1) is 15.9. The lowest BCUT2D eigenvalue weighted by atomic mass is 9.93. The SMILES string of the molecule is CN(C)C(=O)c1cc2c(s1)CCN(C[C@@]1(O)CCCNC1)C2. The van der Waals surface area contributed by atoms with Gasteiger partial charge in [0.15, 0.2) is 0 Å². The van der Waals surface area contributed by atoms with Crippen LogP contribution in [0.15, 0.2) is 6.07 Å². The highest BCUT2D eigenvalue weighted by Gasteiger charge is 2.33. The summed E-state index contributed by atoms with van der Waals surface area (Å²) in [4.78, 5) is 18.2. The Labute approximate surface area is 135 Å². The van der Waals surface area contributed by atoms with Gasteiger partial charge in [-0.25, -0.2) is 0 Å². The van der Waals surface area contributed by atoms with Gasteiger partial charge in [0.1, 0.15) is 0 Å². The van der Waals surface area contributed by atoms with E-state index in [2.05, 4.69) is 10.2 Å². The zero-order valence-corrected chi connectivity index (χ0v) is 14.2. The maximum atomic E-state index is 12.1. The Hall–Kier alpha value is -0.950. The van der Waals surface area contributed by atoms with Gasteiger partial charge in [-0.3, -0.25) is 9.69 Å². The number of piperidine rings is 1. The highest BCUT2D eigenvalue weighted by Crippen LogP contribution is 2.30. The first-order valence-electron chi connectivity index (χ1n) is 7.95. The number of hydrogen-bond acceptors (Lipinski definition) is 5. The number of fused-ring (bicyclic) bond motifs is 1. The normalized spacial score (nSPS) is 25.8. The monoisotopic (exact) mass is 323 g/mol. The van der Waals surface area contributed by atoms with E-state index in [1.54, 1.807) is 30.3 Å². The van der Waals surface area contributed by atoms with Crippen LogP contribution in [0.1, 0.15) is 33.0 Å². The Balaban J connectivity index is 1.67. The third-order valence-electron chi connectivity index (χ3n) is 4.53. The quantitative estimate of drug-likeness (QED) is 0.869. The van der Waals surface area contributed by atoms with Crippen molar-refractivity contribution in [3.8, 4) is 0 Å². The zero-order chi connectivity index (χ0) is 15.7. The van der Waals surface area contributed by atoms with E-state index in [9.17, 15) is 9.90 Å². The van der Waals surface area contributed by atoms with Gasteiger partial charge in [0, 0.05) is 45.2 Å². The van der Waals surface area contributed by atoms with Crippen LogP contribution in [0, 0.1) is 0 Å². The average Bonchev–Trinajstić information content (AvgIpc) is 2.89. The van der Waals surface area contributed by atoms with Crippen molar-refractivity contribution < 1.29 is 9.90 Å². The molecule has 1 atom stereocenters. The fourth-order valence-electron chi connectivity index (χ4n) is 3.36. The number of aliphatic hydroxyl groups is 1. The van der Waals surface area contributed by atoms with Crippen LogP contribution in [-0.4, -0.2) is 66.7 Å². The van der Waals surface area contributed by atoms with E-state index in [-0.39, 0.29) is 5.91 Å². The molecule has 0 saturated carbocycles. The second-order valence-electron chi connectivity index (χ2n) is 6.72. The van der Waals surface area contributed by atoms with Crippen molar-refractivity contribution in [1.82, 2.24) is 15.1 Å². The molecule has 1 fully saturated rings. The van der Waals surface area contributed by atoms with Crippen LogP contribution in [-0.2, 0) is 13.0 Å². The number of carbonyl (C=O) groups is 1. The molecule has 1 aromatic rings. The van der Waals surface area contributed by atoms with E-state index in [1.165, 1.54) is 10.4 Å². The first-order chi connectivity index (χ1) is 10.5. The van der Waals surface area contributed by atoms with Crippen molar-refractivity contribution in [2.45, 2.75) is 31.4 Å². The average molecular weight is 323 g/mol. The minimum Gasteiger partial charge on any atom is -0.387 e. The molecule has 0 radical (unpaired) electrons. The number of carbonyl (C=O) groups excluding carboxylic acids is 1. The summed E-state index contributed by atoms with van der Waals surface area (Å²) >= 11 is 1.63. The fourth-order valence-corrected chi connectivity index (χ4v) is 4.54. The summed E-state index contributed by atoms with van der Waals surface area (Å²) in [5.41, 5.74) is 0.655. The lowest BCUT2D eigenvalue weighted by Gasteiger charge is -2.38. The minimum atomic E-state index is -0.603. The van der Waals surface area contributed by atoms with Crippen LogP contribution in [0.2, 0.25) is 0 Å². The summed E-state index contributed by atoms with van der Waals surface area (Å²) in [6, 6.07) is 2.04. The molecular formula is C16H25N3O2S. The van der Waals surface area contributed by atoms with Gasteiger partial charge in [0.05, 0.1) is 10.5 Å². The molecule has 3 heterocycles. The number of β-amino-alcohol motifs (C(OH)–C–C–N with tert-alkyl or cyclic N) is 1. The Morgan fingerprint density at radius 2 is 2.36 bits per heavy atom. The Bertz CT molecular complexity index is 550. The van der Waals surface area contributed by atoms with Crippen molar-refractivity contribution >= 4 is 17.2 Å². The topological polar surface area (TPSA) is 55.8 Å². The molecular weight excluding hydrogens is 298 g/mol. The molecule has 2 aliphatic heterocycles. The molecule has 0 aliphatic carbocycles. The van der Waals surface area contributed by atoms with Crippen LogP contribution < -0.4 is 5.32 Å². The van der Waals surface area contributed by atoms with E-state index in [0.29, 0.717) is 13.1 Å². The second kappa shape index (κ2) is 6.28. The van der Waals surface area contributed by atoms with E-state index >= 15 is 0 Å². The lowest BCUT2D eigenvalue weighted by molar-refractivity contribution is -0.0183. The zero-order valence-electron chi connectivity index (χ0n) is 13.4. The van der Waals surface area contributed by atoms with Crippen molar-refractivity contribution in [2.24, 2.45) is 0 Å². The molecule has 22 heavy (non-hydrogen) atoms. The van der Waals surface area contributed by atoms with Gasteiger partial charge in [-0.05, 0) is 37.4 Å². The molecule has 0 aromatic carbocycles. The molecule has 6 heteroatoms. The predicted molar refractivity (Wildman–Crippen MR) is 88.4 cm³/mol. The Kier molecular flexibility index (Phi) is 4.54. The van der Waals surface area contributed by atoms with Gasteiger partial charge in [0.2, 0.25) is 0 Å². The highest BCUT2D eigenvalue weighted by molar-refractivity contribution is 7.14. The van der Waals surface area contributed by atoms with Gasteiger partial charge in [-0.1, -0.05) is 0 Å². The molecule has 2 N–H and O–H groups in total. The third kappa shape index (κ3) is 3.35. The number of nitrogens with one attached hydrogen (secondary N) is 1. The molecule has 1 aromatic heterocycles. The number of hydrogen-bond donors (Lipinski definition) is 2. The standard InChI is InChI=1S/C16H25N3O2S/c1-18(2)15(20)14-8-12-9-19(7-4-13(12)22-14)11-16(21)5-3-6-17-10-16/h8,17,21H,3-7,9-11H2,1-2H3/t16-/m1/s1. The molecule has 0 unspecified atom stereocenters. The molecule has 2 aliphatic rings. The van der Waals surface area contributed by atoms with Crippen molar-refractivity contribution in [3.05, 3.63) is 21.4 Å². The maximum Gasteiger partial charge on any atom is 0.263 e. The van der Waals surface area contributed by atoms with Crippen LogP contribution >= 0.6 is 11.3 Å². The van der Waals surface area contributed by atoms with Gasteiger partial charge in [-0.2, -0.15) is 0 Å². The van der Waals surface area contributed by atoms with Gasteiger partial charge < -0.3 is 15.3 Å². The molecule has 1 saturated heterocycles. The van der Waals surface area contributed by atoms with E-state index in [1.807, 2.05) is 6.07 Å². The summed E-state index contributed by atoms with van der Waals surface area (Å²) in [6.45, 7) is 4.21. The summed E-state index contributed by atoms with van der Waals surface area (Å²) in [6.07, 6.45) is 2.89. The van der Waals surface area contributed by atoms with Gasteiger partial charge >= 0.3 is 0 Å². The summed E-state index contributed by atoms with van der Waals surface area (Å²) in [7, 11) is 3.58. The maximum absolute atomic E-state index is 12.1. The van der Waals surface area contributed by atoms with Crippen LogP contribution in [0.3, 0.4) is 0 Å². The summed E-state index contributed by atoms with van der Waals surface area (Å²) in [5.74, 6) is 0.0843. The van der Waals surface area contributed by atoms with Crippen molar-refractivity contribution in [3.63, 3.8) is 0 Å². The Morgan fingerprint density at radius 1 is 1.55 bits per heavy atom. The second-order valence-corrected chi connectivity index (χ2v) is 7.86. The van der Waals surface area contributed by atoms with Crippen LogP contribution in [0.5, 0.6) is 0 Å².